The van der Waals surface area contributed by atoms with Crippen molar-refractivity contribution in [2.24, 2.45) is 5.73 Å². The first-order valence-corrected chi connectivity index (χ1v) is 7.78. The Kier molecular flexibility index (Phi) is 3.78. The fourth-order valence-corrected chi connectivity index (χ4v) is 4.06. The van der Waals surface area contributed by atoms with E-state index in [-0.39, 0.29) is 35.3 Å². The number of sulfone groups is 1. The lowest BCUT2D eigenvalue weighted by molar-refractivity contribution is 0.495. The summed E-state index contributed by atoms with van der Waals surface area (Å²) < 4.78 is 50.4. The topological polar surface area (TPSA) is 63.4 Å². The Labute approximate surface area is 111 Å². The first kappa shape index (κ1) is 14.2. The Morgan fingerprint density at radius 3 is 2.58 bits per heavy atom. The van der Waals surface area contributed by atoms with Gasteiger partial charge in [-0.05, 0) is 12.5 Å². The summed E-state index contributed by atoms with van der Waals surface area (Å²) >= 11 is 0. The van der Waals surface area contributed by atoms with Gasteiger partial charge in [-0.2, -0.15) is 0 Å². The van der Waals surface area contributed by atoms with Crippen LogP contribution in [-0.4, -0.2) is 33.0 Å². The second-order valence-corrected chi connectivity index (χ2v) is 6.97. The van der Waals surface area contributed by atoms with Crippen molar-refractivity contribution in [3.63, 3.8) is 0 Å². The van der Waals surface area contributed by atoms with Crippen molar-refractivity contribution in [1.82, 2.24) is 0 Å². The highest BCUT2D eigenvalue weighted by Gasteiger charge is 2.32. The molecule has 2 rings (SSSR count). The molecular weight excluding hydrogens is 274 g/mol. The van der Waals surface area contributed by atoms with Crippen LogP contribution in [0.15, 0.2) is 12.1 Å². The molecule has 7 heteroatoms. The molecule has 0 aromatic heterocycles. The van der Waals surface area contributed by atoms with Gasteiger partial charge in [0.15, 0.2) is 21.5 Å². The van der Waals surface area contributed by atoms with Gasteiger partial charge in [-0.1, -0.05) is 6.07 Å². The molecule has 106 valence electrons. The molecule has 0 aliphatic carbocycles. The van der Waals surface area contributed by atoms with E-state index in [1.54, 1.807) is 7.05 Å². The Bertz CT molecular complexity index is 590. The average molecular weight is 290 g/mol. The van der Waals surface area contributed by atoms with E-state index in [0.29, 0.717) is 6.42 Å². The molecule has 1 aromatic rings. The first-order chi connectivity index (χ1) is 8.85. The molecule has 1 unspecified atom stereocenters. The number of nitrogens with zero attached hydrogens (tertiary/aromatic N) is 1. The average Bonchev–Trinajstić information content (AvgIpc) is 2.72. The minimum atomic E-state index is -3.06. The van der Waals surface area contributed by atoms with Crippen molar-refractivity contribution in [2.75, 3.05) is 23.5 Å². The summed E-state index contributed by atoms with van der Waals surface area (Å²) in [5, 5.41) is 0. The molecule has 1 atom stereocenters. The lowest BCUT2D eigenvalue weighted by Gasteiger charge is -2.26. The van der Waals surface area contributed by atoms with Gasteiger partial charge >= 0.3 is 0 Å². The summed E-state index contributed by atoms with van der Waals surface area (Å²) in [7, 11) is -1.49. The number of nitrogens with two attached hydrogens (primary N) is 1. The van der Waals surface area contributed by atoms with Gasteiger partial charge < -0.3 is 10.6 Å². The molecule has 0 amide bonds. The Balaban J connectivity index is 2.30. The zero-order valence-corrected chi connectivity index (χ0v) is 11.4. The van der Waals surface area contributed by atoms with Crippen LogP contribution in [-0.2, 0) is 16.4 Å². The van der Waals surface area contributed by atoms with Crippen LogP contribution >= 0.6 is 0 Å². The van der Waals surface area contributed by atoms with Crippen LogP contribution < -0.4 is 10.6 Å². The van der Waals surface area contributed by atoms with Crippen molar-refractivity contribution in [3.8, 4) is 0 Å². The smallest absolute Gasteiger partial charge is 0.182 e. The molecule has 0 radical (unpaired) electrons. The van der Waals surface area contributed by atoms with Crippen LogP contribution in [0.3, 0.4) is 0 Å². The quantitative estimate of drug-likeness (QED) is 0.903. The molecule has 0 spiro atoms. The normalized spacial score (nSPS) is 21.6. The van der Waals surface area contributed by atoms with E-state index < -0.39 is 21.5 Å². The van der Waals surface area contributed by atoms with E-state index in [1.807, 2.05) is 0 Å². The molecule has 4 nitrogen and oxygen atoms in total. The van der Waals surface area contributed by atoms with Crippen molar-refractivity contribution >= 4 is 15.5 Å². The highest BCUT2D eigenvalue weighted by Crippen LogP contribution is 2.28. The summed E-state index contributed by atoms with van der Waals surface area (Å²) in [6.07, 6.45) is 0.429. The summed E-state index contributed by atoms with van der Waals surface area (Å²) in [6, 6.07) is 2.54. The van der Waals surface area contributed by atoms with Crippen LogP contribution in [0.2, 0.25) is 0 Å². The van der Waals surface area contributed by atoms with E-state index >= 15 is 0 Å². The van der Waals surface area contributed by atoms with Crippen LogP contribution in [0.1, 0.15) is 12.0 Å². The van der Waals surface area contributed by atoms with Crippen LogP contribution in [0.25, 0.3) is 0 Å². The largest absolute Gasteiger partial charge is 0.368 e. The van der Waals surface area contributed by atoms with Crippen LogP contribution in [0, 0.1) is 11.6 Å². The van der Waals surface area contributed by atoms with E-state index in [2.05, 4.69) is 0 Å². The van der Waals surface area contributed by atoms with E-state index in [9.17, 15) is 17.2 Å². The van der Waals surface area contributed by atoms with E-state index in [0.717, 1.165) is 0 Å². The molecule has 1 aromatic carbocycles. The second kappa shape index (κ2) is 5.05. The highest BCUT2D eigenvalue weighted by molar-refractivity contribution is 7.91. The lowest BCUT2D eigenvalue weighted by atomic mass is 10.1. The molecule has 1 saturated heterocycles. The van der Waals surface area contributed by atoms with Gasteiger partial charge in [0.25, 0.3) is 0 Å². The predicted octanol–water partition coefficient (Wildman–Crippen LogP) is 1.05. The predicted molar refractivity (Wildman–Crippen MR) is 69.7 cm³/mol. The summed E-state index contributed by atoms with van der Waals surface area (Å²) in [4.78, 5) is 1.49. The minimum absolute atomic E-state index is 0.0246. The van der Waals surface area contributed by atoms with E-state index in [1.165, 1.54) is 17.0 Å². The maximum absolute atomic E-state index is 13.9. The number of rotatable bonds is 3. The Hall–Kier alpha value is -1.21. The summed E-state index contributed by atoms with van der Waals surface area (Å²) in [5.41, 5.74) is 5.48. The van der Waals surface area contributed by atoms with Crippen LogP contribution in [0.5, 0.6) is 0 Å². The number of benzene rings is 1. The summed E-state index contributed by atoms with van der Waals surface area (Å²) in [5.74, 6) is -1.88. The standard InChI is InChI=1S/C12H16F2N2O2S/c1-16(9-4-5-19(17,18)7-9)10-3-2-8(6-15)11(13)12(10)14/h2-3,9H,4-7,15H2,1H3. The molecule has 1 heterocycles. The third kappa shape index (κ3) is 2.71. The Morgan fingerprint density at radius 1 is 1.37 bits per heavy atom. The molecule has 0 saturated carbocycles. The Morgan fingerprint density at radius 2 is 2.05 bits per heavy atom. The van der Waals surface area contributed by atoms with Gasteiger partial charge in [-0.25, -0.2) is 17.2 Å². The number of hydrogen-bond acceptors (Lipinski definition) is 4. The van der Waals surface area contributed by atoms with Crippen molar-refractivity contribution in [3.05, 3.63) is 29.3 Å². The van der Waals surface area contributed by atoms with Gasteiger partial charge in [-0.3, -0.25) is 0 Å². The molecule has 0 bridgehead atoms. The fraction of sp³-hybridized carbons (Fsp3) is 0.500. The zero-order valence-electron chi connectivity index (χ0n) is 10.6. The monoisotopic (exact) mass is 290 g/mol. The maximum Gasteiger partial charge on any atom is 0.182 e. The molecule has 1 aliphatic heterocycles. The maximum atomic E-state index is 13.9. The lowest BCUT2D eigenvalue weighted by Crippen LogP contribution is -2.33. The van der Waals surface area contributed by atoms with Gasteiger partial charge in [0.05, 0.1) is 17.2 Å². The minimum Gasteiger partial charge on any atom is -0.368 e. The van der Waals surface area contributed by atoms with Crippen molar-refractivity contribution < 1.29 is 17.2 Å². The van der Waals surface area contributed by atoms with Crippen molar-refractivity contribution in [1.29, 1.82) is 0 Å². The second-order valence-electron chi connectivity index (χ2n) is 4.74. The van der Waals surface area contributed by atoms with Gasteiger partial charge in [0.2, 0.25) is 0 Å². The number of halogens is 2. The van der Waals surface area contributed by atoms with Gasteiger partial charge in [-0.15, -0.1) is 0 Å². The molecule has 19 heavy (non-hydrogen) atoms. The highest BCUT2D eigenvalue weighted by atomic mass is 32.2. The number of hydrogen-bond donors (Lipinski definition) is 1. The summed E-state index contributed by atoms with van der Waals surface area (Å²) in [6.45, 7) is -0.0788. The number of anilines is 1. The fourth-order valence-electron chi connectivity index (χ4n) is 2.29. The van der Waals surface area contributed by atoms with Gasteiger partial charge in [0.1, 0.15) is 0 Å². The molecule has 2 N–H and O–H groups in total. The molecular formula is C12H16F2N2O2S. The zero-order chi connectivity index (χ0) is 14.2. The molecule has 1 fully saturated rings. The first-order valence-electron chi connectivity index (χ1n) is 5.96. The van der Waals surface area contributed by atoms with Crippen molar-refractivity contribution in [2.45, 2.75) is 19.0 Å². The van der Waals surface area contributed by atoms with E-state index in [4.69, 9.17) is 5.73 Å². The third-order valence-electron chi connectivity index (χ3n) is 3.50. The van der Waals surface area contributed by atoms with Crippen LogP contribution in [0.4, 0.5) is 14.5 Å². The third-order valence-corrected chi connectivity index (χ3v) is 5.25. The molecule has 1 aliphatic rings. The SMILES string of the molecule is CN(c1ccc(CN)c(F)c1F)C1CCS(=O)(=O)C1. The van der Waals surface area contributed by atoms with Gasteiger partial charge in [0, 0.05) is 25.2 Å².